The Balaban J connectivity index is 1.73. The van der Waals surface area contributed by atoms with E-state index in [4.69, 9.17) is 16.6 Å². The molecule has 1 aromatic heterocycles. The van der Waals surface area contributed by atoms with E-state index >= 15 is 0 Å². The SMILES string of the molecule is Cc1c(Cl)nc(C2CC2)nc1NC1CCC(C)(C)CC1. The Morgan fingerprint density at radius 1 is 1.10 bits per heavy atom. The Morgan fingerprint density at radius 2 is 1.75 bits per heavy atom. The molecule has 2 aliphatic rings. The minimum Gasteiger partial charge on any atom is -0.367 e. The monoisotopic (exact) mass is 293 g/mol. The molecule has 1 heterocycles. The number of nitrogens with zero attached hydrogens (tertiary/aromatic N) is 2. The van der Waals surface area contributed by atoms with Gasteiger partial charge in [-0.15, -0.1) is 0 Å². The Kier molecular flexibility index (Phi) is 3.65. The van der Waals surface area contributed by atoms with E-state index < -0.39 is 0 Å². The van der Waals surface area contributed by atoms with E-state index in [9.17, 15) is 0 Å². The van der Waals surface area contributed by atoms with E-state index in [1.54, 1.807) is 0 Å². The van der Waals surface area contributed by atoms with Crippen LogP contribution in [0.25, 0.3) is 0 Å². The molecule has 2 aliphatic carbocycles. The number of rotatable bonds is 3. The molecule has 4 heteroatoms. The van der Waals surface area contributed by atoms with Gasteiger partial charge in [0.05, 0.1) is 0 Å². The normalized spacial score (nSPS) is 22.8. The number of anilines is 1. The third-order valence-corrected chi connectivity index (χ3v) is 5.09. The molecule has 0 aromatic carbocycles. The van der Waals surface area contributed by atoms with Crippen LogP contribution in [-0.2, 0) is 0 Å². The molecule has 1 aromatic rings. The number of nitrogens with one attached hydrogen (secondary N) is 1. The lowest BCUT2D eigenvalue weighted by molar-refractivity contribution is 0.232. The van der Waals surface area contributed by atoms with E-state index in [0.717, 1.165) is 17.2 Å². The van der Waals surface area contributed by atoms with Gasteiger partial charge in [0.1, 0.15) is 16.8 Å². The van der Waals surface area contributed by atoms with Crippen LogP contribution in [0, 0.1) is 12.3 Å². The largest absolute Gasteiger partial charge is 0.367 e. The molecule has 2 fully saturated rings. The highest BCUT2D eigenvalue weighted by atomic mass is 35.5. The summed E-state index contributed by atoms with van der Waals surface area (Å²) >= 11 is 6.26. The number of aromatic nitrogens is 2. The van der Waals surface area contributed by atoms with Gasteiger partial charge in [-0.1, -0.05) is 25.4 Å². The Labute approximate surface area is 126 Å². The molecule has 0 bridgehead atoms. The first-order valence-corrected chi connectivity index (χ1v) is 8.13. The van der Waals surface area contributed by atoms with Crippen molar-refractivity contribution in [2.24, 2.45) is 5.41 Å². The third-order valence-electron chi connectivity index (χ3n) is 4.73. The maximum Gasteiger partial charge on any atom is 0.137 e. The fourth-order valence-corrected chi connectivity index (χ4v) is 3.08. The standard InChI is InChI=1S/C16H24ClN3/c1-10-13(17)19-15(11-4-5-11)20-14(10)18-12-6-8-16(2,3)9-7-12/h11-12H,4-9H2,1-3H3,(H,18,19,20). The van der Waals surface area contributed by atoms with E-state index in [2.05, 4.69) is 24.1 Å². The average Bonchev–Trinajstić information content (AvgIpc) is 3.21. The van der Waals surface area contributed by atoms with E-state index in [-0.39, 0.29) is 0 Å². The van der Waals surface area contributed by atoms with E-state index in [1.807, 2.05) is 6.92 Å². The van der Waals surface area contributed by atoms with Crippen molar-refractivity contribution in [1.82, 2.24) is 9.97 Å². The van der Waals surface area contributed by atoms with Crippen LogP contribution in [0.3, 0.4) is 0 Å². The summed E-state index contributed by atoms with van der Waals surface area (Å²) in [5, 5.41) is 4.23. The molecule has 110 valence electrons. The molecule has 1 N–H and O–H groups in total. The van der Waals surface area contributed by atoms with Crippen LogP contribution >= 0.6 is 11.6 Å². The molecule has 0 aliphatic heterocycles. The van der Waals surface area contributed by atoms with Gasteiger partial charge < -0.3 is 5.32 Å². The molecule has 20 heavy (non-hydrogen) atoms. The minimum atomic E-state index is 0.496. The van der Waals surface area contributed by atoms with Crippen molar-refractivity contribution < 1.29 is 0 Å². The van der Waals surface area contributed by atoms with Gasteiger partial charge in [-0.05, 0) is 50.9 Å². The zero-order chi connectivity index (χ0) is 14.3. The highest BCUT2D eigenvalue weighted by molar-refractivity contribution is 6.30. The summed E-state index contributed by atoms with van der Waals surface area (Å²) < 4.78 is 0. The summed E-state index contributed by atoms with van der Waals surface area (Å²) in [7, 11) is 0. The second kappa shape index (κ2) is 5.18. The molecule has 3 rings (SSSR count). The molecule has 0 unspecified atom stereocenters. The van der Waals surface area contributed by atoms with Crippen molar-refractivity contribution in [3.8, 4) is 0 Å². The zero-order valence-electron chi connectivity index (χ0n) is 12.7. The minimum absolute atomic E-state index is 0.496. The average molecular weight is 294 g/mol. The predicted molar refractivity (Wildman–Crippen MR) is 83.4 cm³/mol. The number of hydrogen-bond acceptors (Lipinski definition) is 3. The van der Waals surface area contributed by atoms with Crippen LogP contribution in [0.1, 0.15) is 69.7 Å². The van der Waals surface area contributed by atoms with Crippen LogP contribution in [0.2, 0.25) is 5.15 Å². The van der Waals surface area contributed by atoms with Crippen molar-refractivity contribution >= 4 is 17.4 Å². The molecular formula is C16H24ClN3. The van der Waals surface area contributed by atoms with E-state index in [1.165, 1.54) is 38.5 Å². The quantitative estimate of drug-likeness (QED) is 0.821. The van der Waals surface area contributed by atoms with Gasteiger partial charge in [0.25, 0.3) is 0 Å². The lowest BCUT2D eigenvalue weighted by Gasteiger charge is -2.35. The van der Waals surface area contributed by atoms with Crippen molar-refractivity contribution in [3.05, 3.63) is 16.5 Å². The van der Waals surface area contributed by atoms with Gasteiger partial charge in [0.15, 0.2) is 0 Å². The van der Waals surface area contributed by atoms with Gasteiger partial charge in [0.2, 0.25) is 0 Å². The van der Waals surface area contributed by atoms with Crippen molar-refractivity contribution in [3.63, 3.8) is 0 Å². The summed E-state index contributed by atoms with van der Waals surface area (Å²) in [5.41, 5.74) is 1.48. The summed E-state index contributed by atoms with van der Waals surface area (Å²) in [4.78, 5) is 9.14. The first-order valence-electron chi connectivity index (χ1n) is 7.75. The van der Waals surface area contributed by atoms with Gasteiger partial charge in [0, 0.05) is 17.5 Å². The van der Waals surface area contributed by atoms with Gasteiger partial charge in [-0.2, -0.15) is 0 Å². The van der Waals surface area contributed by atoms with Crippen LogP contribution in [-0.4, -0.2) is 16.0 Å². The Hall–Kier alpha value is -0.830. The second-order valence-electron chi connectivity index (χ2n) is 7.20. The molecular weight excluding hydrogens is 270 g/mol. The fraction of sp³-hybridized carbons (Fsp3) is 0.750. The molecule has 2 saturated carbocycles. The molecule has 0 atom stereocenters. The van der Waals surface area contributed by atoms with Crippen LogP contribution in [0.15, 0.2) is 0 Å². The molecule has 3 nitrogen and oxygen atoms in total. The van der Waals surface area contributed by atoms with Crippen LogP contribution in [0.4, 0.5) is 5.82 Å². The summed E-state index contributed by atoms with van der Waals surface area (Å²) in [5.74, 6) is 2.43. The fourth-order valence-electron chi connectivity index (χ4n) is 2.91. The highest BCUT2D eigenvalue weighted by Crippen LogP contribution is 2.40. The number of halogens is 1. The summed E-state index contributed by atoms with van der Waals surface area (Å²) in [6, 6.07) is 0.528. The Morgan fingerprint density at radius 3 is 2.35 bits per heavy atom. The van der Waals surface area contributed by atoms with E-state index in [0.29, 0.717) is 22.5 Å². The second-order valence-corrected chi connectivity index (χ2v) is 7.56. The lowest BCUT2D eigenvalue weighted by Crippen LogP contribution is -2.30. The zero-order valence-corrected chi connectivity index (χ0v) is 13.4. The van der Waals surface area contributed by atoms with Gasteiger partial charge in [-0.3, -0.25) is 0 Å². The smallest absolute Gasteiger partial charge is 0.137 e. The van der Waals surface area contributed by atoms with Crippen molar-refractivity contribution in [2.75, 3.05) is 5.32 Å². The molecule has 0 spiro atoms. The molecule has 0 radical (unpaired) electrons. The van der Waals surface area contributed by atoms with Crippen LogP contribution in [0.5, 0.6) is 0 Å². The van der Waals surface area contributed by atoms with Crippen molar-refractivity contribution in [2.45, 2.75) is 71.3 Å². The first-order chi connectivity index (χ1) is 9.44. The Bertz CT molecular complexity index is 499. The lowest BCUT2D eigenvalue weighted by atomic mass is 9.75. The maximum absolute atomic E-state index is 6.26. The third kappa shape index (κ3) is 3.08. The first kappa shape index (κ1) is 14.1. The number of hydrogen-bond donors (Lipinski definition) is 1. The topological polar surface area (TPSA) is 37.8 Å². The molecule has 0 amide bonds. The summed E-state index contributed by atoms with van der Waals surface area (Å²) in [6.45, 7) is 6.73. The van der Waals surface area contributed by atoms with Crippen molar-refractivity contribution in [1.29, 1.82) is 0 Å². The highest BCUT2D eigenvalue weighted by Gasteiger charge is 2.30. The van der Waals surface area contributed by atoms with Crippen LogP contribution < -0.4 is 5.32 Å². The predicted octanol–water partition coefficient (Wildman–Crippen LogP) is 4.70. The molecule has 0 saturated heterocycles. The summed E-state index contributed by atoms with van der Waals surface area (Å²) in [6.07, 6.45) is 7.39. The van der Waals surface area contributed by atoms with Gasteiger partial charge in [-0.25, -0.2) is 9.97 Å². The van der Waals surface area contributed by atoms with Gasteiger partial charge >= 0.3 is 0 Å². The maximum atomic E-state index is 6.26.